The van der Waals surface area contributed by atoms with Crippen LogP contribution in [0.5, 0.6) is 5.75 Å². The fourth-order valence-electron chi connectivity index (χ4n) is 6.66. The van der Waals surface area contributed by atoms with Crippen LogP contribution in [-0.4, -0.2) is 142 Å². The fourth-order valence-corrected chi connectivity index (χ4v) is 6.66. The van der Waals surface area contributed by atoms with Gasteiger partial charge in [-0.2, -0.15) is 0 Å². The zero-order valence-electron chi connectivity index (χ0n) is 25.0. The molecule has 1 aromatic carbocycles. The Balaban J connectivity index is 1.20. The maximum absolute atomic E-state index is 12.4. The number of methoxy groups -OCH3 is 1. The molecule has 15 heteroatoms. The number of hydrogen-bond donors (Lipinski definition) is 8. The van der Waals surface area contributed by atoms with Crippen LogP contribution in [0.25, 0.3) is 0 Å². The van der Waals surface area contributed by atoms with Gasteiger partial charge in [-0.25, -0.2) is 0 Å². The lowest BCUT2D eigenvalue weighted by atomic mass is 9.86. The van der Waals surface area contributed by atoms with Crippen molar-refractivity contribution in [2.45, 2.75) is 112 Å². The van der Waals surface area contributed by atoms with Crippen LogP contribution in [0.1, 0.15) is 43.8 Å². The predicted molar refractivity (Wildman–Crippen MR) is 151 cm³/mol. The van der Waals surface area contributed by atoms with E-state index >= 15 is 0 Å². The van der Waals surface area contributed by atoms with Gasteiger partial charge in [0, 0.05) is 25.5 Å². The number of aliphatic hydroxyl groups is 7. The first-order chi connectivity index (χ1) is 21.6. The maximum atomic E-state index is 12.4. The van der Waals surface area contributed by atoms with Crippen molar-refractivity contribution < 1.29 is 69.0 Å². The van der Waals surface area contributed by atoms with E-state index in [9.17, 15) is 40.5 Å². The highest BCUT2D eigenvalue weighted by atomic mass is 16.7. The summed E-state index contributed by atoms with van der Waals surface area (Å²) < 4.78 is 33.9. The number of carbonyl (C=O) groups excluding carboxylic acids is 1. The summed E-state index contributed by atoms with van der Waals surface area (Å²) in [5.41, 5.74) is 0.884. The van der Waals surface area contributed by atoms with E-state index in [1.54, 1.807) is 19.2 Å². The molecule has 5 rings (SSSR count). The third-order valence-corrected chi connectivity index (χ3v) is 9.17. The number of benzene rings is 1. The summed E-state index contributed by atoms with van der Waals surface area (Å²) in [5, 5.41) is 74.6. The number of ether oxygens (including phenoxy) is 6. The molecule has 254 valence electrons. The van der Waals surface area contributed by atoms with E-state index in [-0.39, 0.29) is 30.1 Å². The van der Waals surface area contributed by atoms with E-state index in [1.807, 2.05) is 12.1 Å². The topological polar surface area (TPSA) is 226 Å². The minimum atomic E-state index is -1.76. The van der Waals surface area contributed by atoms with E-state index in [2.05, 4.69) is 5.32 Å². The van der Waals surface area contributed by atoms with Crippen LogP contribution in [0.15, 0.2) is 24.3 Å². The Labute approximate surface area is 260 Å². The first-order valence-electron chi connectivity index (χ1n) is 15.4. The molecule has 14 atom stereocenters. The maximum Gasteiger partial charge on any atom is 0.229 e. The van der Waals surface area contributed by atoms with Gasteiger partial charge in [-0.05, 0) is 37.0 Å². The second-order valence-electron chi connectivity index (χ2n) is 12.1. The number of hydrogen-bond acceptors (Lipinski definition) is 14. The summed E-state index contributed by atoms with van der Waals surface area (Å²) in [6, 6.07) is 6.95. The van der Waals surface area contributed by atoms with E-state index in [0.29, 0.717) is 25.2 Å². The van der Waals surface area contributed by atoms with Crippen LogP contribution in [0.2, 0.25) is 0 Å². The fraction of sp³-hybridized carbons (Fsp3) is 0.767. The number of nitrogens with one attached hydrogen (secondary N) is 1. The quantitative estimate of drug-likeness (QED) is 0.129. The van der Waals surface area contributed by atoms with Crippen LogP contribution in [0.3, 0.4) is 0 Å². The molecule has 3 saturated heterocycles. The van der Waals surface area contributed by atoms with Crippen LogP contribution in [0, 0.1) is 5.92 Å². The minimum absolute atomic E-state index is 0.0163. The van der Waals surface area contributed by atoms with Gasteiger partial charge in [-0.1, -0.05) is 18.6 Å². The number of rotatable bonds is 11. The molecule has 0 aromatic heterocycles. The lowest BCUT2D eigenvalue weighted by Gasteiger charge is -2.45. The average molecular weight is 644 g/mol. The lowest BCUT2D eigenvalue weighted by molar-refractivity contribution is -0.352. The van der Waals surface area contributed by atoms with E-state index in [0.717, 1.165) is 24.8 Å². The Morgan fingerprint density at radius 3 is 2.24 bits per heavy atom. The summed E-state index contributed by atoms with van der Waals surface area (Å²) in [6.45, 7) is -1.00. The molecule has 4 fully saturated rings. The number of aliphatic hydroxyl groups excluding tert-OH is 7. The Kier molecular flexibility index (Phi) is 11.7. The third-order valence-electron chi connectivity index (χ3n) is 9.17. The first-order valence-corrected chi connectivity index (χ1v) is 15.4. The van der Waals surface area contributed by atoms with E-state index in [1.165, 1.54) is 0 Å². The van der Waals surface area contributed by atoms with Crippen LogP contribution in [-0.2, 0) is 28.5 Å². The van der Waals surface area contributed by atoms with E-state index in [4.69, 9.17) is 28.4 Å². The largest absolute Gasteiger partial charge is 0.462 e. The normalized spacial score (nSPS) is 41.8. The van der Waals surface area contributed by atoms with Crippen molar-refractivity contribution >= 4 is 5.91 Å². The smallest absolute Gasteiger partial charge is 0.229 e. The highest BCUT2D eigenvalue weighted by Gasteiger charge is 2.51. The van der Waals surface area contributed by atoms with Crippen molar-refractivity contribution in [1.29, 1.82) is 0 Å². The van der Waals surface area contributed by atoms with Crippen molar-refractivity contribution in [3.8, 4) is 5.75 Å². The molecule has 0 radical (unpaired) electrons. The number of carbonyl (C=O) groups is 1. The molecular weight excluding hydrogens is 598 g/mol. The summed E-state index contributed by atoms with van der Waals surface area (Å²) in [4.78, 5) is 12.4. The van der Waals surface area contributed by atoms with Gasteiger partial charge < -0.3 is 69.5 Å². The molecule has 45 heavy (non-hydrogen) atoms. The predicted octanol–water partition coefficient (Wildman–Crippen LogP) is -2.16. The molecule has 15 nitrogen and oxygen atoms in total. The summed E-state index contributed by atoms with van der Waals surface area (Å²) in [5.74, 6) is 0.519. The van der Waals surface area contributed by atoms with Gasteiger partial charge in [-0.15, -0.1) is 0 Å². The van der Waals surface area contributed by atoms with Crippen molar-refractivity contribution in [2.75, 3.05) is 26.9 Å². The standard InChI is InChI=1S/C30H45NO14/c1-40-10-9-22(34)31-17-11-19(42-18-4-2-3-16(17)18)14-5-7-15(8-6-14)41-29-27(39)25(37)28(21(13-33)44-29)45-30-26(38)24(36)23(35)20(12-32)43-30/h5-8,16-21,23-30,32-33,35-39H,2-4,9-13H2,1H3,(H,31,34)/t16-,17+,18+,19+,20+,21+,23+,24-,25+,26+,27+,28+,29+,30+/m0/s1. The molecule has 0 unspecified atom stereocenters. The summed E-state index contributed by atoms with van der Waals surface area (Å²) in [7, 11) is 1.56. The van der Waals surface area contributed by atoms with Crippen LogP contribution in [0.4, 0.5) is 0 Å². The molecule has 1 aromatic rings. The van der Waals surface area contributed by atoms with Gasteiger partial charge in [0.2, 0.25) is 12.2 Å². The Morgan fingerprint density at radius 1 is 0.867 bits per heavy atom. The summed E-state index contributed by atoms with van der Waals surface area (Å²) >= 11 is 0. The van der Waals surface area contributed by atoms with Crippen LogP contribution < -0.4 is 10.1 Å². The van der Waals surface area contributed by atoms with Gasteiger partial charge in [-0.3, -0.25) is 4.79 Å². The molecule has 8 N–H and O–H groups in total. The second-order valence-corrected chi connectivity index (χ2v) is 12.1. The number of fused-ring (bicyclic) bond motifs is 1. The Morgan fingerprint density at radius 2 is 1.56 bits per heavy atom. The van der Waals surface area contributed by atoms with Gasteiger partial charge in [0.1, 0.15) is 54.6 Å². The van der Waals surface area contributed by atoms with Gasteiger partial charge >= 0.3 is 0 Å². The van der Waals surface area contributed by atoms with Gasteiger partial charge in [0.05, 0.1) is 32.0 Å². The van der Waals surface area contributed by atoms with E-state index < -0.39 is 74.6 Å². The molecule has 1 aliphatic carbocycles. The SMILES string of the molecule is COCCC(=O)N[C@@H]1C[C@H](c2ccc(O[C@@H]3O[C@H](CO)[C@@H](O[C@H]4O[C@H](CO)[C@@H](O)[C@H](O)[C@H]4O)[C@H](O)[C@H]3O)cc2)O[C@@H]2CCC[C@@H]12. The molecule has 1 amide bonds. The van der Waals surface area contributed by atoms with Gasteiger partial charge in [0.15, 0.2) is 6.29 Å². The first kappa shape index (κ1) is 34.3. The Hall–Kier alpha value is -1.99. The van der Waals surface area contributed by atoms with Crippen molar-refractivity contribution in [3.63, 3.8) is 0 Å². The van der Waals surface area contributed by atoms with Gasteiger partial charge in [0.25, 0.3) is 0 Å². The van der Waals surface area contributed by atoms with Crippen molar-refractivity contribution in [3.05, 3.63) is 29.8 Å². The molecule has 3 aliphatic heterocycles. The molecule has 0 spiro atoms. The Bertz CT molecular complexity index is 1090. The molecule has 4 aliphatic rings. The zero-order chi connectivity index (χ0) is 32.2. The second kappa shape index (κ2) is 15.3. The molecule has 1 saturated carbocycles. The lowest BCUT2D eigenvalue weighted by Crippen LogP contribution is -2.65. The average Bonchev–Trinajstić information content (AvgIpc) is 3.53. The highest BCUT2D eigenvalue weighted by Crippen LogP contribution is 2.43. The monoisotopic (exact) mass is 643 g/mol. The van der Waals surface area contributed by atoms with Crippen LogP contribution >= 0.6 is 0 Å². The zero-order valence-corrected chi connectivity index (χ0v) is 25.0. The van der Waals surface area contributed by atoms with Crippen molar-refractivity contribution in [1.82, 2.24) is 5.32 Å². The number of amides is 1. The molecular formula is C30H45NO14. The molecule has 0 bridgehead atoms. The summed E-state index contributed by atoms with van der Waals surface area (Å²) in [6.07, 6.45) is -11.7. The highest BCUT2D eigenvalue weighted by molar-refractivity contribution is 5.76. The molecule has 3 heterocycles. The van der Waals surface area contributed by atoms with Crippen molar-refractivity contribution in [2.24, 2.45) is 5.92 Å². The third kappa shape index (κ3) is 7.61. The minimum Gasteiger partial charge on any atom is -0.462 e.